The molecule has 0 atom stereocenters. The molecule has 4 rings (SSSR count). The van der Waals surface area contributed by atoms with Gasteiger partial charge in [0.25, 0.3) is 0 Å². The molecule has 0 N–H and O–H groups in total. The zero-order valence-corrected chi connectivity index (χ0v) is 24.2. The van der Waals surface area contributed by atoms with Gasteiger partial charge in [0.2, 0.25) is 0 Å². The lowest BCUT2D eigenvalue weighted by molar-refractivity contribution is -0.191. The van der Waals surface area contributed by atoms with Crippen molar-refractivity contribution >= 4 is 6.15 Å². The van der Waals surface area contributed by atoms with E-state index < -0.39 is 0 Å². The van der Waals surface area contributed by atoms with Crippen LogP contribution < -0.4 is 5.69 Å². The van der Waals surface area contributed by atoms with Gasteiger partial charge < -0.3 is 0 Å². The Bertz CT molecular complexity index is 1510. The fraction of sp³-hybridized carbons (Fsp3) is 0.324. The van der Waals surface area contributed by atoms with Crippen LogP contribution in [0.3, 0.4) is 0 Å². The SMILES string of the molecule is C=CCn1c(CCCc2ccc(-c3ccc(C)c(C)c3)cc2)nn(Cc2ccc(C(C)(C)C)cc2)c1=O.O=C=O. The van der Waals surface area contributed by atoms with Crippen LogP contribution in [-0.2, 0) is 40.9 Å². The number of allylic oxidation sites excluding steroid dienone is 1. The highest BCUT2D eigenvalue weighted by Crippen LogP contribution is 2.24. The van der Waals surface area contributed by atoms with E-state index in [1.54, 1.807) is 15.3 Å². The second-order valence-corrected chi connectivity index (χ2v) is 11.1. The van der Waals surface area contributed by atoms with Crippen LogP contribution in [0.4, 0.5) is 0 Å². The minimum absolute atomic E-state index is 0.0763. The fourth-order valence-electron chi connectivity index (χ4n) is 4.60. The van der Waals surface area contributed by atoms with E-state index in [0.717, 1.165) is 30.7 Å². The van der Waals surface area contributed by atoms with Crippen molar-refractivity contribution in [1.82, 2.24) is 14.3 Å². The molecule has 0 aliphatic carbocycles. The molecule has 4 aromatic rings. The molecular weight excluding hydrogens is 498 g/mol. The molecule has 40 heavy (non-hydrogen) atoms. The van der Waals surface area contributed by atoms with Crippen molar-refractivity contribution in [3.8, 4) is 11.1 Å². The van der Waals surface area contributed by atoms with Crippen molar-refractivity contribution in [3.05, 3.63) is 124 Å². The lowest BCUT2D eigenvalue weighted by Crippen LogP contribution is -2.25. The summed E-state index contributed by atoms with van der Waals surface area (Å²) in [6.45, 7) is 15.7. The summed E-state index contributed by atoms with van der Waals surface area (Å²) in [5.74, 6) is 0.822. The average Bonchev–Trinajstić information content (AvgIpc) is 3.20. The van der Waals surface area contributed by atoms with Gasteiger partial charge in [-0.05, 0) is 71.0 Å². The molecular formula is C34H39N3O3. The molecule has 1 aromatic heterocycles. The zero-order chi connectivity index (χ0) is 29.3. The number of hydrogen-bond donors (Lipinski definition) is 0. The molecule has 6 heteroatoms. The Morgan fingerprint density at radius 2 is 1.45 bits per heavy atom. The molecule has 0 aliphatic heterocycles. The molecule has 1 heterocycles. The average molecular weight is 538 g/mol. The van der Waals surface area contributed by atoms with Crippen LogP contribution in [0.1, 0.15) is 60.8 Å². The molecule has 3 aromatic carbocycles. The van der Waals surface area contributed by atoms with Gasteiger partial charge in [-0.15, -0.1) is 6.58 Å². The fourth-order valence-corrected chi connectivity index (χ4v) is 4.60. The van der Waals surface area contributed by atoms with E-state index in [2.05, 4.69) is 108 Å². The predicted molar refractivity (Wildman–Crippen MR) is 159 cm³/mol. The Balaban J connectivity index is 0.00000141. The summed E-state index contributed by atoms with van der Waals surface area (Å²) in [6.07, 6.45) is 4.63. The summed E-state index contributed by atoms with van der Waals surface area (Å²) >= 11 is 0. The molecule has 0 saturated carbocycles. The maximum absolute atomic E-state index is 13.1. The van der Waals surface area contributed by atoms with Crippen molar-refractivity contribution in [2.24, 2.45) is 0 Å². The van der Waals surface area contributed by atoms with Crippen LogP contribution >= 0.6 is 0 Å². The first-order valence-corrected chi connectivity index (χ1v) is 13.6. The van der Waals surface area contributed by atoms with Gasteiger partial charge in [-0.1, -0.05) is 93.6 Å². The molecule has 0 saturated heterocycles. The first-order valence-electron chi connectivity index (χ1n) is 13.6. The quantitative estimate of drug-likeness (QED) is 0.230. The zero-order valence-electron chi connectivity index (χ0n) is 24.2. The monoisotopic (exact) mass is 537 g/mol. The number of aromatic nitrogens is 3. The van der Waals surface area contributed by atoms with Crippen molar-refractivity contribution in [1.29, 1.82) is 0 Å². The minimum Gasteiger partial charge on any atom is -0.275 e. The van der Waals surface area contributed by atoms with E-state index in [1.807, 2.05) is 0 Å². The Kier molecular flexibility index (Phi) is 10.4. The Labute approximate surface area is 237 Å². The standard InChI is InChI=1S/C33H39N3O.CO2/c1-7-21-35-31(34-36(32(35)37)23-27-14-19-30(20-15-27)33(4,5)6)10-8-9-26-12-17-28(18-13-26)29-16-11-24(2)25(3)22-29;2-1-3/h7,11-20,22H,1,8-10,21,23H2,2-6H3;. The number of aryl methyl sites for hydroxylation is 4. The number of hydrogen-bond acceptors (Lipinski definition) is 4. The second-order valence-electron chi connectivity index (χ2n) is 11.1. The third-order valence-corrected chi connectivity index (χ3v) is 7.12. The summed E-state index contributed by atoms with van der Waals surface area (Å²) in [7, 11) is 0. The molecule has 0 spiro atoms. The van der Waals surface area contributed by atoms with Gasteiger partial charge >= 0.3 is 11.8 Å². The van der Waals surface area contributed by atoms with Crippen LogP contribution in [0, 0.1) is 13.8 Å². The molecule has 208 valence electrons. The summed E-state index contributed by atoms with van der Waals surface area (Å²) in [4.78, 5) is 29.3. The van der Waals surface area contributed by atoms with E-state index in [9.17, 15) is 4.79 Å². The summed E-state index contributed by atoms with van der Waals surface area (Å²) < 4.78 is 3.34. The van der Waals surface area contributed by atoms with Crippen molar-refractivity contribution < 1.29 is 9.59 Å². The van der Waals surface area contributed by atoms with Gasteiger partial charge in [-0.25, -0.2) is 9.48 Å². The molecule has 0 amide bonds. The highest BCUT2D eigenvalue weighted by molar-refractivity contribution is 5.65. The minimum atomic E-state index is -0.0763. The Morgan fingerprint density at radius 1 is 0.850 bits per heavy atom. The van der Waals surface area contributed by atoms with E-state index in [1.165, 1.54) is 33.4 Å². The van der Waals surface area contributed by atoms with E-state index in [4.69, 9.17) is 14.7 Å². The first-order chi connectivity index (χ1) is 19.1. The van der Waals surface area contributed by atoms with Gasteiger partial charge in [0.15, 0.2) is 0 Å². The van der Waals surface area contributed by atoms with Gasteiger partial charge in [0.05, 0.1) is 6.54 Å². The maximum Gasteiger partial charge on any atom is 0.373 e. The van der Waals surface area contributed by atoms with Gasteiger partial charge in [-0.2, -0.15) is 14.7 Å². The third-order valence-electron chi connectivity index (χ3n) is 7.12. The number of benzene rings is 3. The number of carbonyl (C=O) groups excluding carboxylic acids is 2. The van der Waals surface area contributed by atoms with Gasteiger partial charge in [-0.3, -0.25) is 4.57 Å². The Morgan fingerprint density at radius 3 is 2.02 bits per heavy atom. The van der Waals surface area contributed by atoms with Crippen LogP contribution in [0.25, 0.3) is 11.1 Å². The van der Waals surface area contributed by atoms with Crippen LogP contribution in [0.5, 0.6) is 0 Å². The molecule has 0 bridgehead atoms. The molecule has 0 unspecified atom stereocenters. The number of rotatable bonds is 9. The molecule has 0 fully saturated rings. The van der Waals surface area contributed by atoms with Crippen molar-refractivity contribution in [2.75, 3.05) is 0 Å². The van der Waals surface area contributed by atoms with Gasteiger partial charge in [0, 0.05) is 13.0 Å². The normalized spacial score (nSPS) is 10.9. The molecule has 0 radical (unpaired) electrons. The van der Waals surface area contributed by atoms with Crippen LogP contribution in [0.15, 0.2) is 84.2 Å². The third kappa shape index (κ3) is 7.87. The molecule has 6 nitrogen and oxygen atoms in total. The van der Waals surface area contributed by atoms with Gasteiger partial charge in [0.1, 0.15) is 5.82 Å². The maximum atomic E-state index is 13.1. The Hall–Kier alpha value is -4.28. The van der Waals surface area contributed by atoms with Crippen molar-refractivity contribution in [3.63, 3.8) is 0 Å². The first kappa shape index (κ1) is 30.3. The second kappa shape index (κ2) is 13.7. The van der Waals surface area contributed by atoms with Crippen LogP contribution in [0.2, 0.25) is 0 Å². The summed E-state index contributed by atoms with van der Waals surface area (Å²) in [5.41, 5.74) is 8.80. The smallest absolute Gasteiger partial charge is 0.275 e. The van der Waals surface area contributed by atoms with Crippen molar-refractivity contribution in [2.45, 2.75) is 72.4 Å². The largest absolute Gasteiger partial charge is 0.373 e. The highest BCUT2D eigenvalue weighted by Gasteiger charge is 2.15. The number of nitrogens with zero attached hydrogens (tertiary/aromatic N) is 3. The lowest BCUT2D eigenvalue weighted by Gasteiger charge is -2.19. The topological polar surface area (TPSA) is 74.0 Å². The van der Waals surface area contributed by atoms with E-state index in [0.29, 0.717) is 13.1 Å². The summed E-state index contributed by atoms with van der Waals surface area (Å²) in [6, 6.07) is 23.9. The molecule has 0 aliphatic rings. The highest BCUT2D eigenvalue weighted by atomic mass is 16.2. The lowest BCUT2D eigenvalue weighted by atomic mass is 9.87. The van der Waals surface area contributed by atoms with E-state index in [-0.39, 0.29) is 17.3 Å². The summed E-state index contributed by atoms with van der Waals surface area (Å²) in [5, 5.41) is 4.71. The van der Waals surface area contributed by atoms with Crippen LogP contribution in [-0.4, -0.2) is 20.5 Å². The predicted octanol–water partition coefficient (Wildman–Crippen LogP) is 6.45. The van der Waals surface area contributed by atoms with E-state index >= 15 is 0 Å².